The lowest BCUT2D eigenvalue weighted by Crippen LogP contribution is -2.17. The lowest BCUT2D eigenvalue weighted by molar-refractivity contribution is 0.590. The Morgan fingerprint density at radius 1 is 1.00 bits per heavy atom. The predicted octanol–water partition coefficient (Wildman–Crippen LogP) is 4.58. The van der Waals surface area contributed by atoms with Crippen LogP contribution >= 0.6 is 0 Å². The fourth-order valence-corrected chi connectivity index (χ4v) is 1.79. The summed E-state index contributed by atoms with van der Waals surface area (Å²) in [6.45, 7) is 11.2. The van der Waals surface area contributed by atoms with Crippen molar-refractivity contribution in [3.63, 3.8) is 0 Å². The van der Waals surface area contributed by atoms with Crippen molar-refractivity contribution in [3.05, 3.63) is 29.8 Å². The molecule has 0 aliphatic rings. The highest BCUT2D eigenvalue weighted by Crippen LogP contribution is 2.23. The lowest BCUT2D eigenvalue weighted by Gasteiger charge is -2.21. The first-order valence-corrected chi connectivity index (χ1v) is 6.34. The third-order valence-electron chi connectivity index (χ3n) is 3.11. The van der Waals surface area contributed by atoms with Gasteiger partial charge in [-0.05, 0) is 36.0 Å². The van der Waals surface area contributed by atoms with Gasteiger partial charge < -0.3 is 5.32 Å². The zero-order chi connectivity index (χ0) is 12.2. The van der Waals surface area contributed by atoms with Crippen LogP contribution in [0.25, 0.3) is 0 Å². The summed E-state index contributed by atoms with van der Waals surface area (Å²) >= 11 is 0. The molecule has 1 heteroatoms. The average molecular weight is 219 g/mol. The summed E-state index contributed by atoms with van der Waals surface area (Å²) in [6.07, 6.45) is 2.36. The molecule has 1 nitrogen and oxygen atoms in total. The van der Waals surface area contributed by atoms with E-state index >= 15 is 0 Å². The van der Waals surface area contributed by atoms with Crippen molar-refractivity contribution < 1.29 is 0 Å². The van der Waals surface area contributed by atoms with E-state index in [0.717, 1.165) is 0 Å². The van der Waals surface area contributed by atoms with E-state index in [4.69, 9.17) is 0 Å². The molecule has 0 saturated carbocycles. The Bertz CT molecular complexity index is 301. The van der Waals surface area contributed by atoms with Gasteiger partial charge in [0, 0.05) is 11.7 Å². The van der Waals surface area contributed by atoms with E-state index in [1.54, 1.807) is 0 Å². The molecule has 0 atom stereocenters. The van der Waals surface area contributed by atoms with E-state index in [0.29, 0.717) is 6.04 Å². The summed E-state index contributed by atoms with van der Waals surface area (Å²) < 4.78 is 0. The van der Waals surface area contributed by atoms with Gasteiger partial charge in [-0.1, -0.05) is 46.8 Å². The SMILES string of the molecule is CCC(CC)Nc1ccc(C(C)(C)C)cc1. The Morgan fingerprint density at radius 2 is 1.50 bits per heavy atom. The zero-order valence-electron chi connectivity index (χ0n) is 11.3. The van der Waals surface area contributed by atoms with Gasteiger partial charge in [-0.3, -0.25) is 0 Å². The molecule has 1 aromatic carbocycles. The molecule has 1 rings (SSSR count). The van der Waals surface area contributed by atoms with Crippen LogP contribution in [-0.4, -0.2) is 6.04 Å². The van der Waals surface area contributed by atoms with Crippen molar-refractivity contribution in [1.82, 2.24) is 0 Å². The summed E-state index contributed by atoms with van der Waals surface area (Å²) in [5.74, 6) is 0. The highest BCUT2D eigenvalue weighted by Gasteiger charge is 2.13. The molecule has 0 spiro atoms. The van der Waals surface area contributed by atoms with Crippen LogP contribution in [0.15, 0.2) is 24.3 Å². The molecular formula is C15H25N. The molecule has 1 N–H and O–H groups in total. The van der Waals surface area contributed by atoms with Crippen LogP contribution in [-0.2, 0) is 5.41 Å². The summed E-state index contributed by atoms with van der Waals surface area (Å²) in [5, 5.41) is 3.56. The molecule has 0 saturated heterocycles. The topological polar surface area (TPSA) is 12.0 Å². The zero-order valence-corrected chi connectivity index (χ0v) is 11.3. The van der Waals surface area contributed by atoms with Crippen molar-refractivity contribution in [1.29, 1.82) is 0 Å². The maximum atomic E-state index is 3.56. The Morgan fingerprint density at radius 3 is 1.88 bits per heavy atom. The maximum Gasteiger partial charge on any atom is 0.0342 e. The largest absolute Gasteiger partial charge is 0.382 e. The minimum Gasteiger partial charge on any atom is -0.382 e. The molecular weight excluding hydrogens is 194 g/mol. The number of benzene rings is 1. The molecule has 0 bridgehead atoms. The Hall–Kier alpha value is -0.980. The van der Waals surface area contributed by atoms with Gasteiger partial charge in [-0.2, -0.15) is 0 Å². The lowest BCUT2D eigenvalue weighted by atomic mass is 9.87. The van der Waals surface area contributed by atoms with Crippen LogP contribution in [0, 0.1) is 0 Å². The van der Waals surface area contributed by atoms with Crippen molar-refractivity contribution in [2.45, 2.75) is 58.9 Å². The van der Waals surface area contributed by atoms with Gasteiger partial charge in [-0.25, -0.2) is 0 Å². The Kier molecular flexibility index (Phi) is 4.40. The molecule has 0 heterocycles. The highest BCUT2D eigenvalue weighted by molar-refractivity contribution is 5.46. The van der Waals surface area contributed by atoms with Crippen LogP contribution in [0.5, 0.6) is 0 Å². The van der Waals surface area contributed by atoms with Crippen LogP contribution in [0.2, 0.25) is 0 Å². The van der Waals surface area contributed by atoms with Gasteiger partial charge in [0.2, 0.25) is 0 Å². The first-order chi connectivity index (χ1) is 7.47. The standard InChI is InChI=1S/C15H25N/c1-6-13(7-2)16-14-10-8-12(9-11-14)15(3,4)5/h8-11,13,16H,6-7H2,1-5H3. The second-order valence-electron chi connectivity index (χ2n) is 5.49. The van der Waals surface area contributed by atoms with Crippen molar-refractivity contribution in [2.24, 2.45) is 0 Å². The van der Waals surface area contributed by atoms with Crippen LogP contribution < -0.4 is 5.32 Å². The Labute approximate surface area is 100 Å². The first-order valence-electron chi connectivity index (χ1n) is 6.34. The molecule has 0 aliphatic carbocycles. The molecule has 0 radical (unpaired) electrons. The first kappa shape index (κ1) is 13.1. The van der Waals surface area contributed by atoms with Gasteiger partial charge in [0.05, 0.1) is 0 Å². The van der Waals surface area contributed by atoms with Gasteiger partial charge in [-0.15, -0.1) is 0 Å². The van der Waals surface area contributed by atoms with E-state index in [1.807, 2.05) is 0 Å². The van der Waals surface area contributed by atoms with Crippen LogP contribution in [0.4, 0.5) is 5.69 Å². The average Bonchev–Trinajstić information content (AvgIpc) is 2.25. The van der Waals surface area contributed by atoms with Crippen LogP contribution in [0.3, 0.4) is 0 Å². The van der Waals surface area contributed by atoms with Crippen molar-refractivity contribution in [3.8, 4) is 0 Å². The molecule has 0 aliphatic heterocycles. The molecule has 0 unspecified atom stereocenters. The second kappa shape index (κ2) is 5.38. The van der Waals surface area contributed by atoms with E-state index in [2.05, 4.69) is 64.2 Å². The smallest absolute Gasteiger partial charge is 0.0342 e. The third-order valence-corrected chi connectivity index (χ3v) is 3.11. The number of anilines is 1. The maximum absolute atomic E-state index is 3.56. The minimum atomic E-state index is 0.243. The van der Waals surface area contributed by atoms with Crippen molar-refractivity contribution >= 4 is 5.69 Å². The monoisotopic (exact) mass is 219 g/mol. The normalized spacial score (nSPS) is 11.9. The summed E-state index contributed by atoms with van der Waals surface area (Å²) in [4.78, 5) is 0. The van der Waals surface area contributed by atoms with E-state index < -0.39 is 0 Å². The number of rotatable bonds is 4. The molecule has 16 heavy (non-hydrogen) atoms. The third kappa shape index (κ3) is 3.55. The minimum absolute atomic E-state index is 0.243. The number of hydrogen-bond donors (Lipinski definition) is 1. The van der Waals surface area contributed by atoms with Gasteiger partial charge in [0.15, 0.2) is 0 Å². The summed E-state index contributed by atoms with van der Waals surface area (Å²) in [6, 6.07) is 9.44. The molecule has 1 aromatic rings. The van der Waals surface area contributed by atoms with E-state index in [-0.39, 0.29) is 5.41 Å². The Balaban J connectivity index is 2.72. The van der Waals surface area contributed by atoms with Crippen molar-refractivity contribution in [2.75, 3.05) is 5.32 Å². The van der Waals surface area contributed by atoms with E-state index in [9.17, 15) is 0 Å². The summed E-state index contributed by atoms with van der Waals surface area (Å²) in [5.41, 5.74) is 2.87. The quantitative estimate of drug-likeness (QED) is 0.781. The molecule has 90 valence electrons. The fraction of sp³-hybridized carbons (Fsp3) is 0.600. The number of hydrogen-bond acceptors (Lipinski definition) is 1. The molecule has 0 amide bonds. The fourth-order valence-electron chi connectivity index (χ4n) is 1.79. The molecule has 0 fully saturated rings. The van der Waals surface area contributed by atoms with Gasteiger partial charge >= 0.3 is 0 Å². The van der Waals surface area contributed by atoms with Crippen LogP contribution in [0.1, 0.15) is 53.0 Å². The van der Waals surface area contributed by atoms with Gasteiger partial charge in [0.25, 0.3) is 0 Å². The number of nitrogens with one attached hydrogen (secondary N) is 1. The highest BCUT2D eigenvalue weighted by atomic mass is 14.9. The van der Waals surface area contributed by atoms with E-state index in [1.165, 1.54) is 24.1 Å². The second-order valence-corrected chi connectivity index (χ2v) is 5.49. The summed E-state index contributed by atoms with van der Waals surface area (Å²) in [7, 11) is 0. The predicted molar refractivity (Wildman–Crippen MR) is 73.1 cm³/mol. The molecule has 0 aromatic heterocycles. The van der Waals surface area contributed by atoms with Gasteiger partial charge in [0.1, 0.15) is 0 Å².